The van der Waals surface area contributed by atoms with Crippen molar-refractivity contribution in [3.63, 3.8) is 0 Å². The Balaban J connectivity index is 2.07. The van der Waals surface area contributed by atoms with E-state index in [0.29, 0.717) is 22.9 Å². The summed E-state index contributed by atoms with van der Waals surface area (Å²) >= 11 is 0. The fourth-order valence-electron chi connectivity index (χ4n) is 2.49. The SMILES string of the molecule is COc1ccc(CC(=O)Nc2ccccc2NC(=O)NC(C)C)cc1OC. The minimum atomic E-state index is -0.327. The number of hydrogen-bond acceptors (Lipinski definition) is 4. The van der Waals surface area contributed by atoms with E-state index in [9.17, 15) is 9.59 Å². The molecule has 0 aromatic heterocycles. The molecule has 0 unspecified atom stereocenters. The largest absolute Gasteiger partial charge is 0.493 e. The third-order valence-corrected chi connectivity index (χ3v) is 3.68. The van der Waals surface area contributed by atoms with E-state index in [2.05, 4.69) is 16.0 Å². The first-order valence-corrected chi connectivity index (χ1v) is 8.60. The van der Waals surface area contributed by atoms with Gasteiger partial charge in [-0.1, -0.05) is 18.2 Å². The number of amides is 3. The van der Waals surface area contributed by atoms with Gasteiger partial charge in [0.25, 0.3) is 0 Å². The maximum absolute atomic E-state index is 12.4. The molecule has 3 amide bonds. The number of rotatable bonds is 7. The summed E-state index contributed by atoms with van der Waals surface area (Å²) in [6.07, 6.45) is 0.160. The molecule has 2 aromatic rings. The zero-order chi connectivity index (χ0) is 19.8. The molecule has 0 saturated carbocycles. The van der Waals surface area contributed by atoms with E-state index in [0.717, 1.165) is 5.56 Å². The third-order valence-electron chi connectivity index (χ3n) is 3.68. The molecule has 7 nitrogen and oxygen atoms in total. The van der Waals surface area contributed by atoms with E-state index in [4.69, 9.17) is 9.47 Å². The minimum absolute atomic E-state index is 0.0109. The maximum Gasteiger partial charge on any atom is 0.319 e. The maximum atomic E-state index is 12.4. The van der Waals surface area contributed by atoms with Crippen molar-refractivity contribution in [2.75, 3.05) is 24.9 Å². The minimum Gasteiger partial charge on any atom is -0.493 e. The first kappa shape index (κ1) is 20.1. The standard InChI is InChI=1S/C20H25N3O4/c1-13(2)21-20(25)23-16-8-6-5-7-15(16)22-19(24)12-14-9-10-17(26-3)18(11-14)27-4/h5-11,13H,12H2,1-4H3,(H,22,24)(H2,21,23,25). The molecular formula is C20H25N3O4. The third kappa shape index (κ3) is 5.91. The van der Waals surface area contributed by atoms with Crippen molar-refractivity contribution in [3.05, 3.63) is 48.0 Å². The van der Waals surface area contributed by atoms with Gasteiger partial charge in [0, 0.05) is 6.04 Å². The second-order valence-corrected chi connectivity index (χ2v) is 6.21. The Labute approximate surface area is 159 Å². The van der Waals surface area contributed by atoms with Gasteiger partial charge in [-0.15, -0.1) is 0 Å². The van der Waals surface area contributed by atoms with E-state index < -0.39 is 0 Å². The van der Waals surface area contributed by atoms with Crippen LogP contribution in [0.4, 0.5) is 16.2 Å². The van der Waals surface area contributed by atoms with Crippen molar-refractivity contribution < 1.29 is 19.1 Å². The lowest BCUT2D eigenvalue weighted by molar-refractivity contribution is -0.115. The van der Waals surface area contributed by atoms with Crippen molar-refractivity contribution in [1.29, 1.82) is 0 Å². The Morgan fingerprint density at radius 1 is 0.926 bits per heavy atom. The molecule has 0 fully saturated rings. The molecule has 27 heavy (non-hydrogen) atoms. The molecule has 0 atom stereocenters. The lowest BCUT2D eigenvalue weighted by atomic mass is 10.1. The van der Waals surface area contributed by atoms with Crippen molar-refractivity contribution in [2.45, 2.75) is 26.3 Å². The Morgan fingerprint density at radius 3 is 2.15 bits per heavy atom. The summed E-state index contributed by atoms with van der Waals surface area (Å²) in [5.74, 6) is 0.961. The molecule has 2 aromatic carbocycles. The summed E-state index contributed by atoms with van der Waals surface area (Å²) in [4.78, 5) is 24.4. The van der Waals surface area contributed by atoms with Crippen LogP contribution in [-0.2, 0) is 11.2 Å². The second kappa shape index (κ2) is 9.47. The van der Waals surface area contributed by atoms with Crippen LogP contribution in [0.15, 0.2) is 42.5 Å². The number of carbonyl (C=O) groups is 2. The second-order valence-electron chi connectivity index (χ2n) is 6.21. The molecule has 2 rings (SSSR count). The van der Waals surface area contributed by atoms with E-state index >= 15 is 0 Å². The summed E-state index contributed by atoms with van der Waals surface area (Å²) in [5, 5.41) is 8.32. The molecule has 7 heteroatoms. The Kier molecular flexibility index (Phi) is 7.05. The molecule has 0 heterocycles. The Bertz CT molecular complexity index is 806. The molecule has 0 saturated heterocycles. The Morgan fingerprint density at radius 2 is 1.56 bits per heavy atom. The van der Waals surface area contributed by atoms with E-state index in [-0.39, 0.29) is 24.4 Å². The van der Waals surface area contributed by atoms with Crippen LogP contribution in [0.3, 0.4) is 0 Å². The van der Waals surface area contributed by atoms with Crippen molar-refractivity contribution in [1.82, 2.24) is 5.32 Å². The van der Waals surface area contributed by atoms with Crippen LogP contribution in [-0.4, -0.2) is 32.2 Å². The summed E-state index contributed by atoms with van der Waals surface area (Å²) in [7, 11) is 3.11. The average Bonchev–Trinajstić information content (AvgIpc) is 2.62. The van der Waals surface area contributed by atoms with Gasteiger partial charge in [0.15, 0.2) is 11.5 Å². The topological polar surface area (TPSA) is 88.7 Å². The summed E-state index contributed by atoms with van der Waals surface area (Å²) in [6.45, 7) is 3.74. The molecule has 0 aliphatic carbocycles. The molecule has 0 aliphatic heterocycles. The van der Waals surface area contributed by atoms with Gasteiger partial charge in [-0.25, -0.2) is 4.79 Å². The van der Waals surface area contributed by atoms with Crippen LogP contribution >= 0.6 is 0 Å². The highest BCUT2D eigenvalue weighted by Crippen LogP contribution is 2.28. The number of hydrogen-bond donors (Lipinski definition) is 3. The van der Waals surface area contributed by atoms with Crippen molar-refractivity contribution >= 4 is 23.3 Å². The lowest BCUT2D eigenvalue weighted by Gasteiger charge is -2.14. The van der Waals surface area contributed by atoms with Gasteiger partial charge in [-0.3, -0.25) is 4.79 Å². The summed E-state index contributed by atoms with van der Waals surface area (Å²) in [5.41, 5.74) is 1.84. The van der Waals surface area contributed by atoms with Gasteiger partial charge < -0.3 is 25.4 Å². The highest BCUT2D eigenvalue weighted by molar-refractivity contribution is 5.99. The first-order valence-electron chi connectivity index (χ1n) is 8.60. The zero-order valence-electron chi connectivity index (χ0n) is 16.0. The van der Waals surface area contributed by atoms with Gasteiger partial charge in [0.1, 0.15) is 0 Å². The van der Waals surface area contributed by atoms with Gasteiger partial charge >= 0.3 is 6.03 Å². The number of ether oxygens (including phenoxy) is 2. The fraction of sp³-hybridized carbons (Fsp3) is 0.300. The predicted octanol–water partition coefficient (Wildman–Crippen LogP) is 3.41. The quantitative estimate of drug-likeness (QED) is 0.696. The van der Waals surface area contributed by atoms with Gasteiger partial charge in [0.2, 0.25) is 5.91 Å². The number of para-hydroxylation sites is 2. The number of methoxy groups -OCH3 is 2. The first-order chi connectivity index (χ1) is 12.9. The molecule has 144 valence electrons. The number of carbonyl (C=O) groups excluding carboxylic acids is 2. The summed E-state index contributed by atoms with van der Waals surface area (Å²) in [6, 6.07) is 12.0. The normalized spacial score (nSPS) is 10.3. The average molecular weight is 371 g/mol. The fourth-order valence-corrected chi connectivity index (χ4v) is 2.49. The number of anilines is 2. The van der Waals surface area contributed by atoms with Gasteiger partial charge in [0.05, 0.1) is 32.0 Å². The van der Waals surface area contributed by atoms with Crippen LogP contribution < -0.4 is 25.4 Å². The molecule has 0 radical (unpaired) electrons. The molecule has 0 aliphatic rings. The molecule has 0 spiro atoms. The van der Waals surface area contributed by atoms with Crippen molar-refractivity contribution in [3.8, 4) is 11.5 Å². The van der Waals surface area contributed by atoms with Crippen molar-refractivity contribution in [2.24, 2.45) is 0 Å². The highest BCUT2D eigenvalue weighted by atomic mass is 16.5. The van der Waals surface area contributed by atoms with E-state index in [1.807, 2.05) is 13.8 Å². The molecule has 0 bridgehead atoms. The highest BCUT2D eigenvalue weighted by Gasteiger charge is 2.12. The number of urea groups is 1. The van der Waals surface area contributed by atoms with Gasteiger partial charge in [-0.05, 0) is 43.7 Å². The predicted molar refractivity (Wildman–Crippen MR) is 106 cm³/mol. The summed E-state index contributed by atoms with van der Waals surface area (Å²) < 4.78 is 10.5. The van der Waals surface area contributed by atoms with Crippen LogP contribution in [0.25, 0.3) is 0 Å². The lowest BCUT2D eigenvalue weighted by Crippen LogP contribution is -2.34. The van der Waals surface area contributed by atoms with E-state index in [1.165, 1.54) is 0 Å². The van der Waals surface area contributed by atoms with E-state index in [1.54, 1.807) is 56.7 Å². The molecule has 3 N–H and O–H groups in total. The monoisotopic (exact) mass is 371 g/mol. The zero-order valence-corrected chi connectivity index (χ0v) is 16.0. The smallest absolute Gasteiger partial charge is 0.319 e. The van der Waals surface area contributed by atoms with Gasteiger partial charge in [-0.2, -0.15) is 0 Å². The number of benzene rings is 2. The van der Waals surface area contributed by atoms with Crippen LogP contribution in [0, 0.1) is 0 Å². The van der Waals surface area contributed by atoms with Crippen LogP contribution in [0.2, 0.25) is 0 Å². The van der Waals surface area contributed by atoms with Crippen LogP contribution in [0.5, 0.6) is 11.5 Å². The molecular weight excluding hydrogens is 346 g/mol. The van der Waals surface area contributed by atoms with Crippen LogP contribution in [0.1, 0.15) is 19.4 Å². The number of nitrogens with one attached hydrogen (secondary N) is 3. The Hall–Kier alpha value is -3.22.